The Morgan fingerprint density at radius 1 is 1.20 bits per heavy atom. The second-order valence-electron chi connectivity index (χ2n) is 3.23. The molecule has 0 heteroatoms. The first-order chi connectivity index (χ1) is 4.88. The molecule has 0 amide bonds. The van der Waals surface area contributed by atoms with E-state index in [4.69, 9.17) is 0 Å². The van der Waals surface area contributed by atoms with Crippen molar-refractivity contribution in [2.75, 3.05) is 0 Å². The summed E-state index contributed by atoms with van der Waals surface area (Å²) in [5, 5.41) is 0. The van der Waals surface area contributed by atoms with Gasteiger partial charge in [0.15, 0.2) is 0 Å². The zero-order chi connectivity index (χ0) is 6.97. The molecule has 10 heavy (non-hydrogen) atoms. The molecule has 0 saturated heterocycles. The van der Waals surface area contributed by atoms with Crippen LogP contribution in [0.3, 0.4) is 0 Å². The van der Waals surface area contributed by atoms with Gasteiger partial charge in [0.1, 0.15) is 0 Å². The third kappa shape index (κ3) is 0.942. The van der Waals surface area contributed by atoms with Crippen LogP contribution < -0.4 is 0 Å². The standard InChI is InChI=1S/C10H12/c1-8-7-10(8)9-5-3-2-4-6-9/h2-6,8,10H,7H2,1H3/t8-,10?/m0/s1. The average molecular weight is 132 g/mol. The maximum atomic E-state index is 2.32. The molecular formula is C10H12. The molecule has 1 saturated carbocycles. The smallest absolute Gasteiger partial charge is 0.0133 e. The molecule has 1 aromatic rings. The van der Waals surface area contributed by atoms with Crippen LogP contribution in [0, 0.1) is 5.92 Å². The van der Waals surface area contributed by atoms with Crippen molar-refractivity contribution in [2.24, 2.45) is 5.92 Å². The van der Waals surface area contributed by atoms with Crippen molar-refractivity contribution in [3.05, 3.63) is 35.9 Å². The zero-order valence-corrected chi connectivity index (χ0v) is 6.25. The molecule has 0 aromatic heterocycles. The number of rotatable bonds is 1. The fourth-order valence-corrected chi connectivity index (χ4v) is 1.49. The van der Waals surface area contributed by atoms with E-state index in [0.717, 1.165) is 11.8 Å². The van der Waals surface area contributed by atoms with E-state index in [2.05, 4.69) is 37.3 Å². The highest BCUT2D eigenvalue weighted by Crippen LogP contribution is 2.46. The molecule has 1 aliphatic rings. The molecule has 1 fully saturated rings. The topological polar surface area (TPSA) is 0 Å². The van der Waals surface area contributed by atoms with E-state index in [1.165, 1.54) is 12.0 Å². The Kier molecular flexibility index (Phi) is 1.26. The lowest BCUT2D eigenvalue weighted by Crippen LogP contribution is -1.77. The van der Waals surface area contributed by atoms with Crippen molar-refractivity contribution in [1.82, 2.24) is 0 Å². The van der Waals surface area contributed by atoms with Crippen molar-refractivity contribution in [2.45, 2.75) is 19.3 Å². The van der Waals surface area contributed by atoms with Gasteiger partial charge in [0.25, 0.3) is 0 Å². The van der Waals surface area contributed by atoms with Crippen molar-refractivity contribution in [3.63, 3.8) is 0 Å². The Labute approximate surface area is 61.9 Å². The SMILES string of the molecule is C[C@H]1CC1c1ccccc1. The molecule has 0 N–H and O–H groups in total. The second kappa shape index (κ2) is 2.12. The minimum absolute atomic E-state index is 0.876. The highest BCUT2D eigenvalue weighted by atomic mass is 14.4. The Hall–Kier alpha value is -0.780. The van der Waals surface area contributed by atoms with E-state index in [1.807, 2.05) is 0 Å². The molecule has 52 valence electrons. The van der Waals surface area contributed by atoms with Crippen LogP contribution in [-0.2, 0) is 0 Å². The molecule has 2 atom stereocenters. The number of hydrogen-bond donors (Lipinski definition) is 0. The Morgan fingerprint density at radius 3 is 2.30 bits per heavy atom. The molecule has 2 rings (SSSR count). The fourth-order valence-electron chi connectivity index (χ4n) is 1.49. The molecule has 0 heterocycles. The summed E-state index contributed by atoms with van der Waals surface area (Å²) in [6.45, 7) is 2.32. The maximum Gasteiger partial charge on any atom is -0.0133 e. The van der Waals surface area contributed by atoms with Crippen LogP contribution in [0.25, 0.3) is 0 Å². The minimum atomic E-state index is 0.876. The van der Waals surface area contributed by atoms with Crippen molar-refractivity contribution >= 4 is 0 Å². The highest BCUT2D eigenvalue weighted by molar-refractivity contribution is 5.24. The van der Waals surface area contributed by atoms with Crippen LogP contribution in [0.2, 0.25) is 0 Å². The summed E-state index contributed by atoms with van der Waals surface area (Å²) < 4.78 is 0. The fraction of sp³-hybridized carbons (Fsp3) is 0.400. The lowest BCUT2D eigenvalue weighted by atomic mass is 10.1. The third-order valence-corrected chi connectivity index (χ3v) is 2.34. The Morgan fingerprint density at radius 2 is 1.80 bits per heavy atom. The normalized spacial score (nSPS) is 30.1. The van der Waals surface area contributed by atoms with Crippen LogP contribution in [0.4, 0.5) is 0 Å². The zero-order valence-electron chi connectivity index (χ0n) is 6.25. The van der Waals surface area contributed by atoms with Gasteiger partial charge in [-0.2, -0.15) is 0 Å². The van der Waals surface area contributed by atoms with E-state index in [1.54, 1.807) is 0 Å². The Bertz CT molecular complexity index is 213. The highest BCUT2D eigenvalue weighted by Gasteiger charge is 2.33. The third-order valence-electron chi connectivity index (χ3n) is 2.34. The molecule has 1 aliphatic carbocycles. The van der Waals surface area contributed by atoms with Gasteiger partial charge in [0.2, 0.25) is 0 Å². The average Bonchev–Trinajstić information content (AvgIpc) is 2.69. The minimum Gasteiger partial charge on any atom is -0.0622 e. The van der Waals surface area contributed by atoms with Gasteiger partial charge in [-0.1, -0.05) is 37.3 Å². The van der Waals surface area contributed by atoms with Gasteiger partial charge in [-0.25, -0.2) is 0 Å². The first-order valence-electron chi connectivity index (χ1n) is 3.93. The van der Waals surface area contributed by atoms with Crippen LogP contribution in [-0.4, -0.2) is 0 Å². The lowest BCUT2D eigenvalue weighted by Gasteiger charge is -1.94. The van der Waals surface area contributed by atoms with E-state index in [0.29, 0.717) is 0 Å². The van der Waals surface area contributed by atoms with Crippen molar-refractivity contribution in [3.8, 4) is 0 Å². The van der Waals surface area contributed by atoms with Crippen molar-refractivity contribution < 1.29 is 0 Å². The van der Waals surface area contributed by atoms with Gasteiger partial charge in [-0.05, 0) is 23.8 Å². The molecule has 0 bridgehead atoms. The van der Waals surface area contributed by atoms with E-state index in [-0.39, 0.29) is 0 Å². The van der Waals surface area contributed by atoms with Crippen LogP contribution >= 0.6 is 0 Å². The first kappa shape index (κ1) is 5.96. The van der Waals surface area contributed by atoms with E-state index in [9.17, 15) is 0 Å². The Balaban J connectivity index is 2.20. The predicted molar refractivity (Wildman–Crippen MR) is 43.0 cm³/mol. The van der Waals surface area contributed by atoms with Gasteiger partial charge < -0.3 is 0 Å². The second-order valence-corrected chi connectivity index (χ2v) is 3.23. The molecule has 0 nitrogen and oxygen atoms in total. The molecule has 1 aromatic carbocycles. The summed E-state index contributed by atoms with van der Waals surface area (Å²) in [4.78, 5) is 0. The van der Waals surface area contributed by atoms with Gasteiger partial charge in [0.05, 0.1) is 0 Å². The summed E-state index contributed by atoms with van der Waals surface area (Å²) in [5.41, 5.74) is 1.52. The van der Waals surface area contributed by atoms with Gasteiger partial charge in [-0.3, -0.25) is 0 Å². The van der Waals surface area contributed by atoms with Crippen LogP contribution in [0.5, 0.6) is 0 Å². The summed E-state index contributed by atoms with van der Waals surface area (Å²) in [7, 11) is 0. The summed E-state index contributed by atoms with van der Waals surface area (Å²) in [6.07, 6.45) is 1.39. The first-order valence-corrected chi connectivity index (χ1v) is 3.93. The molecule has 1 unspecified atom stereocenters. The number of benzene rings is 1. The van der Waals surface area contributed by atoms with Crippen LogP contribution in [0.1, 0.15) is 24.8 Å². The molecule has 0 radical (unpaired) electrons. The number of hydrogen-bond acceptors (Lipinski definition) is 0. The molecule has 0 spiro atoms. The molecular weight excluding hydrogens is 120 g/mol. The lowest BCUT2D eigenvalue weighted by molar-refractivity contribution is 0.915. The van der Waals surface area contributed by atoms with Gasteiger partial charge in [0, 0.05) is 0 Å². The largest absolute Gasteiger partial charge is 0.0622 e. The van der Waals surface area contributed by atoms with Gasteiger partial charge >= 0.3 is 0 Å². The maximum absolute atomic E-state index is 2.32. The van der Waals surface area contributed by atoms with Gasteiger partial charge in [-0.15, -0.1) is 0 Å². The summed E-state index contributed by atoms with van der Waals surface area (Å²) in [5.74, 6) is 1.81. The summed E-state index contributed by atoms with van der Waals surface area (Å²) in [6, 6.07) is 10.8. The van der Waals surface area contributed by atoms with E-state index >= 15 is 0 Å². The van der Waals surface area contributed by atoms with E-state index < -0.39 is 0 Å². The van der Waals surface area contributed by atoms with Crippen LogP contribution in [0.15, 0.2) is 30.3 Å². The predicted octanol–water partition coefficient (Wildman–Crippen LogP) is 2.81. The summed E-state index contributed by atoms with van der Waals surface area (Å²) >= 11 is 0. The van der Waals surface area contributed by atoms with Crippen molar-refractivity contribution in [1.29, 1.82) is 0 Å². The monoisotopic (exact) mass is 132 g/mol. The quantitative estimate of drug-likeness (QED) is 0.551. The molecule has 0 aliphatic heterocycles.